The van der Waals surface area contributed by atoms with Gasteiger partial charge in [-0.3, -0.25) is 10.0 Å². The van der Waals surface area contributed by atoms with Gasteiger partial charge in [-0.05, 0) is 41.8 Å². The third-order valence-corrected chi connectivity index (χ3v) is 3.22. The molecule has 0 unspecified atom stereocenters. The molecule has 2 rings (SSSR count). The van der Waals surface area contributed by atoms with Crippen LogP contribution in [0.2, 0.25) is 0 Å². The molecule has 2 aromatic rings. The molecule has 2 aromatic carbocycles. The molecule has 1 amide bonds. The number of hydrogen-bond acceptors (Lipinski definition) is 4. The zero-order valence-corrected chi connectivity index (χ0v) is 12.4. The lowest BCUT2D eigenvalue weighted by molar-refractivity contribution is -0.129. The van der Waals surface area contributed by atoms with Crippen LogP contribution in [0.1, 0.15) is 12.8 Å². The van der Waals surface area contributed by atoms with E-state index < -0.39 is 5.91 Å². The van der Waals surface area contributed by atoms with Gasteiger partial charge in [-0.25, -0.2) is 5.48 Å². The standard InChI is InChI=1S/C17H19NO4/c1-21-15-8-4-13(5-9-15)14-6-10-16(11-7-14)22-12-2-3-17(19)18-20/h4-11,20H,2-3,12H2,1H3,(H,18,19). The molecule has 0 atom stereocenters. The van der Waals surface area contributed by atoms with Crippen LogP contribution in [0.15, 0.2) is 48.5 Å². The summed E-state index contributed by atoms with van der Waals surface area (Å²) in [5.74, 6) is 1.18. The second kappa shape index (κ2) is 8.05. The molecule has 0 aromatic heterocycles. The molecule has 0 aliphatic heterocycles. The molecule has 0 radical (unpaired) electrons. The van der Waals surface area contributed by atoms with Gasteiger partial charge in [-0.2, -0.15) is 0 Å². The number of hydrogen-bond donors (Lipinski definition) is 2. The molecule has 0 saturated carbocycles. The van der Waals surface area contributed by atoms with E-state index in [0.29, 0.717) is 13.0 Å². The lowest BCUT2D eigenvalue weighted by Gasteiger charge is -2.07. The summed E-state index contributed by atoms with van der Waals surface area (Å²) in [6.45, 7) is 0.426. The van der Waals surface area contributed by atoms with Gasteiger partial charge in [0.15, 0.2) is 0 Å². The molecule has 116 valence electrons. The van der Waals surface area contributed by atoms with Crippen LogP contribution in [0.4, 0.5) is 0 Å². The third kappa shape index (κ3) is 4.49. The fourth-order valence-corrected chi connectivity index (χ4v) is 2.01. The SMILES string of the molecule is COc1ccc(-c2ccc(OCCCC(=O)NO)cc2)cc1. The third-order valence-electron chi connectivity index (χ3n) is 3.22. The van der Waals surface area contributed by atoms with Gasteiger partial charge < -0.3 is 9.47 Å². The summed E-state index contributed by atoms with van der Waals surface area (Å²) in [4.78, 5) is 10.8. The number of nitrogens with one attached hydrogen (secondary N) is 1. The summed E-state index contributed by atoms with van der Waals surface area (Å²) >= 11 is 0. The van der Waals surface area contributed by atoms with Gasteiger partial charge in [0.1, 0.15) is 11.5 Å². The second-order valence-electron chi connectivity index (χ2n) is 4.74. The van der Waals surface area contributed by atoms with Crippen LogP contribution in [0.5, 0.6) is 11.5 Å². The van der Waals surface area contributed by atoms with Crippen LogP contribution >= 0.6 is 0 Å². The van der Waals surface area contributed by atoms with Gasteiger partial charge in [0, 0.05) is 6.42 Å². The molecule has 0 fully saturated rings. The van der Waals surface area contributed by atoms with Crippen LogP contribution in [0.25, 0.3) is 11.1 Å². The largest absolute Gasteiger partial charge is 0.497 e. The van der Waals surface area contributed by atoms with Crippen molar-refractivity contribution in [3.05, 3.63) is 48.5 Å². The van der Waals surface area contributed by atoms with E-state index in [2.05, 4.69) is 0 Å². The van der Waals surface area contributed by atoms with Gasteiger partial charge in [-0.1, -0.05) is 24.3 Å². The van der Waals surface area contributed by atoms with Crippen molar-refractivity contribution in [2.45, 2.75) is 12.8 Å². The van der Waals surface area contributed by atoms with Crippen molar-refractivity contribution in [2.75, 3.05) is 13.7 Å². The molecule has 0 aliphatic rings. The zero-order chi connectivity index (χ0) is 15.8. The molecule has 22 heavy (non-hydrogen) atoms. The number of carbonyl (C=O) groups is 1. The van der Waals surface area contributed by atoms with E-state index in [9.17, 15) is 4.79 Å². The van der Waals surface area contributed by atoms with E-state index in [1.807, 2.05) is 48.5 Å². The lowest BCUT2D eigenvalue weighted by atomic mass is 10.1. The van der Waals surface area contributed by atoms with Crippen LogP contribution in [-0.2, 0) is 4.79 Å². The van der Waals surface area contributed by atoms with Crippen molar-refractivity contribution in [1.29, 1.82) is 0 Å². The first-order valence-electron chi connectivity index (χ1n) is 7.03. The summed E-state index contributed by atoms with van der Waals surface area (Å²) in [6.07, 6.45) is 0.785. The number of ether oxygens (including phenoxy) is 2. The number of carbonyl (C=O) groups excluding carboxylic acids is 1. The topological polar surface area (TPSA) is 67.8 Å². The van der Waals surface area contributed by atoms with Crippen molar-refractivity contribution in [2.24, 2.45) is 0 Å². The molecule has 5 heteroatoms. The highest BCUT2D eigenvalue weighted by atomic mass is 16.5. The first-order valence-corrected chi connectivity index (χ1v) is 7.03. The van der Waals surface area contributed by atoms with E-state index in [1.54, 1.807) is 12.6 Å². The Balaban J connectivity index is 1.88. The summed E-state index contributed by atoms with van der Waals surface area (Å²) in [5, 5.41) is 8.37. The van der Waals surface area contributed by atoms with Crippen LogP contribution in [-0.4, -0.2) is 24.8 Å². The number of hydroxylamine groups is 1. The van der Waals surface area contributed by atoms with Gasteiger partial charge in [0.25, 0.3) is 0 Å². The molecule has 0 heterocycles. The molecule has 0 aliphatic carbocycles. The van der Waals surface area contributed by atoms with Gasteiger partial charge in [0.05, 0.1) is 13.7 Å². The minimum atomic E-state index is -0.404. The Morgan fingerprint density at radius 1 is 1.00 bits per heavy atom. The van der Waals surface area contributed by atoms with E-state index >= 15 is 0 Å². The molecule has 2 N–H and O–H groups in total. The maximum atomic E-state index is 10.8. The number of rotatable bonds is 7. The molecule has 0 saturated heterocycles. The highest BCUT2D eigenvalue weighted by Gasteiger charge is 2.01. The molecular formula is C17H19NO4. The van der Waals surface area contributed by atoms with Crippen LogP contribution in [0, 0.1) is 0 Å². The minimum Gasteiger partial charge on any atom is -0.497 e. The highest BCUT2D eigenvalue weighted by molar-refractivity contribution is 5.74. The second-order valence-corrected chi connectivity index (χ2v) is 4.74. The Morgan fingerprint density at radius 3 is 2.05 bits per heavy atom. The van der Waals surface area contributed by atoms with Crippen molar-refractivity contribution in [3.8, 4) is 22.6 Å². The number of benzene rings is 2. The molecule has 5 nitrogen and oxygen atoms in total. The fraction of sp³-hybridized carbons (Fsp3) is 0.235. The first kappa shape index (κ1) is 15.9. The minimum absolute atomic E-state index is 0.237. The normalized spacial score (nSPS) is 10.1. The maximum absolute atomic E-state index is 10.8. The van der Waals surface area contributed by atoms with Crippen molar-refractivity contribution < 1.29 is 19.5 Å². The lowest BCUT2D eigenvalue weighted by Crippen LogP contribution is -2.18. The monoisotopic (exact) mass is 301 g/mol. The van der Waals surface area contributed by atoms with Crippen molar-refractivity contribution in [3.63, 3.8) is 0 Å². The van der Waals surface area contributed by atoms with Gasteiger partial charge >= 0.3 is 0 Å². The van der Waals surface area contributed by atoms with Crippen LogP contribution in [0.3, 0.4) is 0 Å². The first-order chi connectivity index (χ1) is 10.7. The number of methoxy groups -OCH3 is 1. The summed E-state index contributed by atoms with van der Waals surface area (Å²) in [6, 6.07) is 15.6. The molecule has 0 bridgehead atoms. The predicted octanol–water partition coefficient (Wildman–Crippen LogP) is 3.03. The Bertz CT molecular complexity index is 593. The Hall–Kier alpha value is -2.53. The average Bonchev–Trinajstić information content (AvgIpc) is 2.59. The zero-order valence-electron chi connectivity index (χ0n) is 12.4. The van der Waals surface area contributed by atoms with E-state index in [-0.39, 0.29) is 6.42 Å². The highest BCUT2D eigenvalue weighted by Crippen LogP contribution is 2.24. The maximum Gasteiger partial charge on any atom is 0.243 e. The van der Waals surface area contributed by atoms with Crippen molar-refractivity contribution in [1.82, 2.24) is 5.48 Å². The molecular weight excluding hydrogens is 282 g/mol. The van der Waals surface area contributed by atoms with E-state index in [0.717, 1.165) is 22.6 Å². The smallest absolute Gasteiger partial charge is 0.243 e. The average molecular weight is 301 g/mol. The Morgan fingerprint density at radius 2 is 1.55 bits per heavy atom. The predicted molar refractivity (Wildman–Crippen MR) is 83.1 cm³/mol. The molecule has 0 spiro atoms. The summed E-state index contributed by atoms with van der Waals surface area (Å²) < 4.78 is 10.7. The number of amides is 1. The quantitative estimate of drug-likeness (QED) is 0.468. The van der Waals surface area contributed by atoms with Crippen LogP contribution < -0.4 is 15.0 Å². The summed E-state index contributed by atoms with van der Waals surface area (Å²) in [5.41, 5.74) is 3.79. The Labute approximate surface area is 129 Å². The van der Waals surface area contributed by atoms with Crippen molar-refractivity contribution >= 4 is 5.91 Å². The Kier molecular flexibility index (Phi) is 5.80. The van der Waals surface area contributed by atoms with E-state index in [1.165, 1.54) is 0 Å². The van der Waals surface area contributed by atoms with Gasteiger partial charge in [0.2, 0.25) is 5.91 Å². The van der Waals surface area contributed by atoms with E-state index in [4.69, 9.17) is 14.7 Å². The fourth-order valence-electron chi connectivity index (χ4n) is 2.01. The summed E-state index contributed by atoms with van der Waals surface area (Å²) in [7, 11) is 1.64. The van der Waals surface area contributed by atoms with Gasteiger partial charge in [-0.15, -0.1) is 0 Å².